The molecule has 8 heteroatoms. The van der Waals surface area contributed by atoms with Crippen molar-refractivity contribution >= 4 is 40.2 Å². The molecular formula is C20H25ClN4O3. The van der Waals surface area contributed by atoms with Gasteiger partial charge in [0.05, 0.1) is 29.3 Å². The molecule has 2 amide bonds. The predicted molar refractivity (Wildman–Crippen MR) is 107 cm³/mol. The van der Waals surface area contributed by atoms with E-state index in [2.05, 4.69) is 20.9 Å². The minimum absolute atomic E-state index is 0.0113. The normalized spacial score (nSPS) is 18.2. The van der Waals surface area contributed by atoms with Gasteiger partial charge in [-0.15, -0.1) is 0 Å². The van der Waals surface area contributed by atoms with Crippen molar-refractivity contribution in [3.63, 3.8) is 0 Å². The summed E-state index contributed by atoms with van der Waals surface area (Å²) in [6.45, 7) is 4.38. The van der Waals surface area contributed by atoms with E-state index in [0.29, 0.717) is 34.2 Å². The Bertz CT molecular complexity index is 931. The van der Waals surface area contributed by atoms with Crippen LogP contribution in [-0.4, -0.2) is 23.3 Å². The number of halogens is 1. The van der Waals surface area contributed by atoms with Gasteiger partial charge in [-0.2, -0.15) is 0 Å². The molecule has 1 aromatic heterocycles. The number of nitrogens with zero attached hydrogens (tertiary/aromatic N) is 1. The molecule has 2 aliphatic rings. The molecule has 28 heavy (non-hydrogen) atoms. The summed E-state index contributed by atoms with van der Waals surface area (Å²) in [6, 6.07) is 1.49. The Labute approximate surface area is 168 Å². The lowest BCUT2D eigenvalue weighted by Gasteiger charge is -2.42. The van der Waals surface area contributed by atoms with Gasteiger partial charge in [-0.05, 0) is 18.9 Å². The molecule has 1 saturated carbocycles. The first-order valence-electron chi connectivity index (χ1n) is 9.84. The second kappa shape index (κ2) is 7.37. The summed E-state index contributed by atoms with van der Waals surface area (Å²) in [4.78, 5) is 28.6. The van der Waals surface area contributed by atoms with Gasteiger partial charge < -0.3 is 20.4 Å². The van der Waals surface area contributed by atoms with Crippen molar-refractivity contribution in [1.82, 2.24) is 15.6 Å². The average molecular weight is 405 g/mol. The van der Waals surface area contributed by atoms with E-state index in [1.165, 1.54) is 0 Å². The van der Waals surface area contributed by atoms with Crippen LogP contribution in [0.1, 0.15) is 57.4 Å². The van der Waals surface area contributed by atoms with Crippen LogP contribution in [0.5, 0.6) is 0 Å². The van der Waals surface area contributed by atoms with Gasteiger partial charge in [-0.1, -0.05) is 44.7 Å². The van der Waals surface area contributed by atoms with Crippen molar-refractivity contribution in [1.29, 1.82) is 0 Å². The number of hydrogen-bond donors (Lipinski definition) is 3. The van der Waals surface area contributed by atoms with Crippen LogP contribution in [0.4, 0.5) is 10.5 Å². The number of fused-ring (bicyclic) bond motifs is 4. The van der Waals surface area contributed by atoms with Crippen molar-refractivity contribution in [3.8, 4) is 0 Å². The number of benzene rings is 1. The molecule has 2 aromatic rings. The molecule has 1 spiro atoms. The third kappa shape index (κ3) is 3.37. The zero-order valence-corrected chi connectivity index (χ0v) is 16.9. The van der Waals surface area contributed by atoms with Gasteiger partial charge in [0, 0.05) is 11.5 Å². The molecule has 3 N–H and O–H groups in total. The highest BCUT2D eigenvalue weighted by atomic mass is 35.5. The second-order valence-corrected chi connectivity index (χ2v) is 8.42. The van der Waals surface area contributed by atoms with E-state index in [0.717, 1.165) is 37.7 Å². The van der Waals surface area contributed by atoms with Crippen molar-refractivity contribution in [2.24, 2.45) is 5.92 Å². The summed E-state index contributed by atoms with van der Waals surface area (Å²) in [5.41, 5.74) is 2.35. The lowest BCUT2D eigenvalue weighted by molar-refractivity contribution is -0.121. The first kappa shape index (κ1) is 19.2. The summed E-state index contributed by atoms with van der Waals surface area (Å²) in [5, 5.41) is 9.53. The van der Waals surface area contributed by atoms with Gasteiger partial charge in [-0.25, -0.2) is 9.78 Å². The third-order valence-electron chi connectivity index (χ3n) is 5.67. The van der Waals surface area contributed by atoms with Gasteiger partial charge in [0.25, 0.3) is 0 Å². The number of hydrogen-bond acceptors (Lipinski definition) is 5. The first-order valence-corrected chi connectivity index (χ1v) is 10.2. The maximum Gasteiger partial charge on any atom is 0.319 e. The van der Waals surface area contributed by atoms with E-state index < -0.39 is 5.54 Å². The van der Waals surface area contributed by atoms with Crippen LogP contribution in [0.25, 0.3) is 11.1 Å². The van der Waals surface area contributed by atoms with Crippen LogP contribution in [0.15, 0.2) is 10.5 Å². The number of anilines is 1. The van der Waals surface area contributed by atoms with E-state index in [1.54, 1.807) is 6.07 Å². The zero-order chi connectivity index (χ0) is 19.9. The summed E-state index contributed by atoms with van der Waals surface area (Å²) in [7, 11) is 0. The zero-order valence-electron chi connectivity index (χ0n) is 16.2. The lowest BCUT2D eigenvalue weighted by atomic mass is 9.74. The van der Waals surface area contributed by atoms with Crippen molar-refractivity contribution in [2.45, 2.75) is 58.0 Å². The number of oxazole rings is 1. The van der Waals surface area contributed by atoms with Gasteiger partial charge in [0.15, 0.2) is 5.58 Å². The average Bonchev–Trinajstić information content (AvgIpc) is 3.04. The maximum absolute atomic E-state index is 12.3. The van der Waals surface area contributed by atoms with Crippen molar-refractivity contribution in [2.75, 3.05) is 11.9 Å². The van der Waals surface area contributed by atoms with Crippen molar-refractivity contribution in [3.05, 3.63) is 22.5 Å². The van der Waals surface area contributed by atoms with Crippen LogP contribution in [0.2, 0.25) is 5.02 Å². The summed E-state index contributed by atoms with van der Waals surface area (Å²) in [6.07, 6.45) is 4.92. The fourth-order valence-corrected chi connectivity index (χ4v) is 4.43. The van der Waals surface area contributed by atoms with Gasteiger partial charge in [0.2, 0.25) is 5.89 Å². The molecule has 0 bridgehead atoms. The van der Waals surface area contributed by atoms with Crippen molar-refractivity contribution < 1.29 is 14.0 Å². The maximum atomic E-state index is 12.3. The Balaban J connectivity index is 1.71. The number of Topliss-reactive ketones (excluding diaryl/α,β-unsaturated/α-hetero) is 1. The number of carbonyl (C=O) groups is 2. The van der Waals surface area contributed by atoms with Crippen LogP contribution in [-0.2, 0) is 16.9 Å². The fraction of sp³-hybridized carbons (Fsp3) is 0.550. The Morgan fingerprint density at radius 2 is 2.11 bits per heavy atom. The van der Waals surface area contributed by atoms with Crippen LogP contribution < -0.4 is 16.0 Å². The monoisotopic (exact) mass is 404 g/mol. The molecule has 1 aliphatic carbocycles. The Morgan fingerprint density at radius 3 is 2.82 bits per heavy atom. The number of nitrogens with one attached hydrogen (secondary N) is 3. The highest BCUT2D eigenvalue weighted by Gasteiger charge is 2.44. The van der Waals surface area contributed by atoms with Gasteiger partial charge in [-0.3, -0.25) is 4.79 Å². The van der Waals surface area contributed by atoms with Gasteiger partial charge in [0.1, 0.15) is 11.3 Å². The largest absolute Gasteiger partial charge is 0.439 e. The molecule has 7 nitrogen and oxygen atoms in total. The van der Waals surface area contributed by atoms with E-state index in [4.69, 9.17) is 16.0 Å². The Morgan fingerprint density at radius 1 is 1.36 bits per heavy atom. The third-order valence-corrected chi connectivity index (χ3v) is 5.97. The summed E-state index contributed by atoms with van der Waals surface area (Å²) >= 11 is 6.49. The molecule has 0 atom stereocenters. The SMILES string of the molecule is CC(C)C(=O)CNCc1nc2cc(Cl)c3c(c2o1)C1(CCCCC1)NC(=O)N3. The predicted octanol–water partition coefficient (Wildman–Crippen LogP) is 4.09. The smallest absolute Gasteiger partial charge is 0.319 e. The van der Waals surface area contributed by atoms with E-state index in [9.17, 15) is 9.59 Å². The molecule has 2 heterocycles. The highest BCUT2D eigenvalue weighted by molar-refractivity contribution is 6.35. The molecule has 1 aromatic carbocycles. The number of aromatic nitrogens is 1. The number of carbonyl (C=O) groups excluding carboxylic acids is 2. The minimum atomic E-state index is -0.475. The molecule has 0 radical (unpaired) electrons. The Kier molecular flexibility index (Phi) is 5.05. The number of ketones is 1. The molecule has 1 aliphatic heterocycles. The van der Waals surface area contributed by atoms with E-state index in [-0.39, 0.29) is 24.3 Å². The van der Waals surface area contributed by atoms with Crippen LogP contribution >= 0.6 is 11.6 Å². The standard InChI is InChI=1S/C20H25ClN4O3/c1-11(2)14(26)9-22-10-15-23-13-8-12(21)17-16(18(13)28-15)20(25-19(27)24-17)6-4-3-5-7-20/h8,11,22H,3-7,9-10H2,1-2H3,(H2,24,25,27). The molecule has 0 unspecified atom stereocenters. The molecule has 1 fully saturated rings. The topological polar surface area (TPSA) is 96.3 Å². The Hall–Kier alpha value is -2.12. The lowest BCUT2D eigenvalue weighted by Crippen LogP contribution is -2.52. The quantitative estimate of drug-likeness (QED) is 0.697. The van der Waals surface area contributed by atoms with Crippen LogP contribution in [0.3, 0.4) is 0 Å². The van der Waals surface area contributed by atoms with Gasteiger partial charge >= 0.3 is 6.03 Å². The molecule has 150 valence electrons. The van der Waals surface area contributed by atoms with Crippen LogP contribution in [0, 0.1) is 5.92 Å². The molecular weight excluding hydrogens is 380 g/mol. The number of urea groups is 1. The molecule has 0 saturated heterocycles. The second-order valence-electron chi connectivity index (χ2n) is 8.01. The molecule has 4 rings (SSSR count). The number of rotatable bonds is 5. The van der Waals surface area contributed by atoms with E-state index >= 15 is 0 Å². The fourth-order valence-electron chi connectivity index (χ4n) is 4.19. The summed E-state index contributed by atoms with van der Waals surface area (Å²) in [5.74, 6) is 0.631. The minimum Gasteiger partial charge on any atom is -0.439 e. The first-order chi connectivity index (χ1) is 13.4. The van der Waals surface area contributed by atoms with E-state index in [1.807, 2.05) is 13.8 Å². The number of amides is 2. The highest BCUT2D eigenvalue weighted by Crippen LogP contribution is 2.48. The summed E-state index contributed by atoms with van der Waals surface area (Å²) < 4.78 is 6.09.